The van der Waals surface area contributed by atoms with Crippen molar-refractivity contribution >= 4 is 36.8 Å². The predicted molar refractivity (Wildman–Crippen MR) is 180 cm³/mol. The molecule has 1 heterocycles. The Balaban J connectivity index is 1.73. The van der Waals surface area contributed by atoms with Crippen LogP contribution in [-0.2, 0) is 18.7 Å². The van der Waals surface area contributed by atoms with Gasteiger partial charge in [-0.2, -0.15) is 0 Å². The molecule has 0 aliphatic carbocycles. The molecule has 3 rings (SSSR count). The fourth-order valence-corrected chi connectivity index (χ4v) is 10.3. The Morgan fingerprint density at radius 3 is 1.82 bits per heavy atom. The molecule has 1 saturated heterocycles. The first kappa shape index (κ1) is 36.1. The van der Waals surface area contributed by atoms with Gasteiger partial charge in [0.25, 0.3) is 8.32 Å². The van der Waals surface area contributed by atoms with Crippen LogP contribution in [0.3, 0.4) is 0 Å². The first-order valence-corrected chi connectivity index (χ1v) is 18.1. The van der Waals surface area contributed by atoms with Gasteiger partial charge in [0.1, 0.15) is 11.6 Å². The van der Waals surface area contributed by atoms with Crippen molar-refractivity contribution in [2.24, 2.45) is 0 Å². The van der Waals surface area contributed by atoms with E-state index in [1.807, 2.05) is 19.1 Å². The van der Waals surface area contributed by atoms with Gasteiger partial charge in [-0.25, -0.2) is 9.59 Å². The number of hydrogen-bond acceptors (Lipinski definition) is 6. The van der Waals surface area contributed by atoms with Crippen molar-refractivity contribution in [3.8, 4) is 0 Å². The van der Waals surface area contributed by atoms with Gasteiger partial charge in [0.2, 0.25) is 5.91 Å². The molecule has 1 aliphatic heterocycles. The van der Waals surface area contributed by atoms with E-state index in [2.05, 4.69) is 74.6 Å². The molecule has 0 bridgehead atoms. The maximum absolute atomic E-state index is 13.8. The first-order chi connectivity index (χ1) is 21.3. The summed E-state index contributed by atoms with van der Waals surface area (Å²) in [5, 5.41) is 5.04. The van der Waals surface area contributed by atoms with Gasteiger partial charge < -0.3 is 29.0 Å². The van der Waals surface area contributed by atoms with Crippen LogP contribution >= 0.6 is 0 Å². The minimum atomic E-state index is -2.73. The van der Waals surface area contributed by atoms with Crippen LogP contribution in [0.25, 0.3) is 0 Å². The van der Waals surface area contributed by atoms with E-state index in [1.54, 1.807) is 30.6 Å². The molecule has 9 nitrogen and oxygen atoms in total. The van der Waals surface area contributed by atoms with E-state index in [1.165, 1.54) is 10.4 Å². The molecular formula is C35H53N3O6Si. The van der Waals surface area contributed by atoms with Crippen LogP contribution in [0.5, 0.6) is 0 Å². The summed E-state index contributed by atoms with van der Waals surface area (Å²) in [7, 11) is -2.73. The fourth-order valence-electron chi connectivity index (χ4n) is 5.71. The Hall–Kier alpha value is -3.37. The Morgan fingerprint density at radius 2 is 1.33 bits per heavy atom. The number of nitrogens with zero attached hydrogens (tertiary/aromatic N) is 2. The van der Waals surface area contributed by atoms with Crippen molar-refractivity contribution in [3.63, 3.8) is 0 Å². The van der Waals surface area contributed by atoms with Crippen LogP contribution in [0.2, 0.25) is 5.04 Å². The highest BCUT2D eigenvalue weighted by molar-refractivity contribution is 6.99. The van der Waals surface area contributed by atoms with Crippen LogP contribution in [0.1, 0.15) is 74.1 Å². The number of unbranched alkanes of at least 4 members (excludes halogenated alkanes) is 1. The molecule has 248 valence electrons. The fraction of sp³-hybridized carbons (Fsp3) is 0.571. The lowest BCUT2D eigenvalue weighted by molar-refractivity contribution is -0.135. The van der Waals surface area contributed by atoms with Crippen molar-refractivity contribution in [1.29, 1.82) is 0 Å². The molecule has 10 heteroatoms. The molecule has 0 spiro atoms. The quantitative estimate of drug-likeness (QED) is 0.250. The van der Waals surface area contributed by atoms with Gasteiger partial charge in [0.15, 0.2) is 0 Å². The maximum atomic E-state index is 13.8. The lowest BCUT2D eigenvalue weighted by Crippen LogP contribution is -2.66. The largest absolute Gasteiger partial charge is 0.449 e. The first-order valence-electron chi connectivity index (χ1n) is 16.2. The average molecular weight is 640 g/mol. The van der Waals surface area contributed by atoms with E-state index in [4.69, 9.17) is 13.9 Å². The smallest absolute Gasteiger partial charge is 0.409 e. The van der Waals surface area contributed by atoms with E-state index < -0.39 is 26.1 Å². The monoisotopic (exact) mass is 639 g/mol. The highest BCUT2D eigenvalue weighted by atomic mass is 28.4. The highest BCUT2D eigenvalue weighted by Crippen LogP contribution is 2.36. The normalized spacial score (nSPS) is 14.9. The second kappa shape index (κ2) is 16.3. The summed E-state index contributed by atoms with van der Waals surface area (Å²) in [6.07, 6.45) is 1.73. The second-order valence-corrected chi connectivity index (χ2v) is 17.9. The Bertz CT molecular complexity index is 1180. The summed E-state index contributed by atoms with van der Waals surface area (Å²) in [5.74, 6) is -0.190. The number of ether oxygens (including phenoxy) is 2. The van der Waals surface area contributed by atoms with Crippen molar-refractivity contribution in [1.82, 2.24) is 15.1 Å². The topological polar surface area (TPSA) is 97.4 Å². The summed E-state index contributed by atoms with van der Waals surface area (Å²) in [4.78, 5) is 42.3. The molecule has 0 saturated carbocycles. The zero-order valence-corrected chi connectivity index (χ0v) is 29.3. The van der Waals surface area contributed by atoms with Crippen molar-refractivity contribution in [2.75, 3.05) is 39.4 Å². The number of alkyl carbamates (subject to hydrolysis) is 1. The molecule has 1 fully saturated rings. The van der Waals surface area contributed by atoms with E-state index in [9.17, 15) is 14.4 Å². The SMILES string of the molecule is CCCCOC(=O)N1CCN(C(=O)C(CCCO[Si](c2ccccc2)(c2ccccc2)C(C)(C)C)NC(=O)OC(C)(C)C)CC1. The molecule has 45 heavy (non-hydrogen) atoms. The van der Waals surface area contributed by atoms with Gasteiger partial charge in [-0.05, 0) is 55.4 Å². The number of carbonyl (C=O) groups excluding carboxylic acids is 3. The third kappa shape index (κ3) is 10.1. The van der Waals surface area contributed by atoms with Crippen LogP contribution in [0.4, 0.5) is 9.59 Å². The Kier molecular flexibility index (Phi) is 13.0. The molecule has 0 aromatic heterocycles. The highest BCUT2D eigenvalue weighted by Gasteiger charge is 2.50. The number of piperazine rings is 1. The van der Waals surface area contributed by atoms with Crippen molar-refractivity contribution < 1.29 is 28.3 Å². The zero-order valence-electron chi connectivity index (χ0n) is 28.3. The number of rotatable bonds is 12. The summed E-state index contributed by atoms with van der Waals surface area (Å²) >= 11 is 0. The minimum Gasteiger partial charge on any atom is -0.449 e. The number of nitrogens with one attached hydrogen (secondary N) is 1. The molecule has 1 unspecified atom stereocenters. The standard InChI is InChI=1S/C35H53N3O6Si/c1-8-9-26-42-33(41)38-24-22-37(23-25-38)31(39)30(36-32(40)44-34(2,3)4)21-16-27-43-45(35(5,6)7,28-17-12-10-13-18-28)29-19-14-11-15-20-29/h10-15,17-20,30H,8-9,16,21-27H2,1-7H3,(H,36,40). The molecular weight excluding hydrogens is 586 g/mol. The van der Waals surface area contributed by atoms with Crippen LogP contribution < -0.4 is 15.7 Å². The van der Waals surface area contributed by atoms with Crippen molar-refractivity contribution in [2.45, 2.75) is 90.8 Å². The Labute approximate surface area is 270 Å². The van der Waals surface area contributed by atoms with E-state index >= 15 is 0 Å². The Morgan fingerprint density at radius 1 is 0.800 bits per heavy atom. The zero-order chi connectivity index (χ0) is 33.1. The summed E-state index contributed by atoms with van der Waals surface area (Å²) in [6.45, 7) is 16.4. The summed E-state index contributed by atoms with van der Waals surface area (Å²) in [5.41, 5.74) is -0.701. The minimum absolute atomic E-state index is 0.170. The third-order valence-electron chi connectivity index (χ3n) is 7.93. The van der Waals surface area contributed by atoms with Gasteiger partial charge in [-0.1, -0.05) is 94.8 Å². The predicted octanol–water partition coefficient (Wildman–Crippen LogP) is 5.32. The lowest BCUT2D eigenvalue weighted by atomic mass is 10.1. The van der Waals surface area contributed by atoms with E-state index in [-0.39, 0.29) is 17.0 Å². The van der Waals surface area contributed by atoms with Gasteiger partial charge in [0, 0.05) is 32.8 Å². The summed E-state index contributed by atoms with van der Waals surface area (Å²) < 4.78 is 17.9. The molecule has 2 aromatic rings. The number of hydrogen-bond donors (Lipinski definition) is 1. The maximum Gasteiger partial charge on any atom is 0.409 e. The summed E-state index contributed by atoms with van der Waals surface area (Å²) in [6, 6.07) is 20.1. The number of carbonyl (C=O) groups is 3. The molecule has 3 amide bonds. The molecule has 1 N–H and O–H groups in total. The second-order valence-electron chi connectivity index (χ2n) is 13.6. The van der Waals surface area contributed by atoms with E-state index in [0.29, 0.717) is 52.2 Å². The molecule has 1 aliphatic rings. The molecule has 2 aromatic carbocycles. The number of benzene rings is 2. The van der Waals surface area contributed by atoms with Crippen LogP contribution in [0.15, 0.2) is 60.7 Å². The van der Waals surface area contributed by atoms with Crippen LogP contribution in [0, 0.1) is 0 Å². The van der Waals surface area contributed by atoms with E-state index in [0.717, 1.165) is 12.8 Å². The van der Waals surface area contributed by atoms with Gasteiger partial charge in [0.05, 0.1) is 6.61 Å². The van der Waals surface area contributed by atoms with Crippen LogP contribution in [-0.4, -0.2) is 87.2 Å². The molecule has 1 atom stereocenters. The average Bonchev–Trinajstić information content (AvgIpc) is 2.99. The lowest BCUT2D eigenvalue weighted by Gasteiger charge is -2.43. The third-order valence-corrected chi connectivity index (χ3v) is 13.0. The molecule has 0 radical (unpaired) electrons. The van der Waals surface area contributed by atoms with Gasteiger partial charge >= 0.3 is 12.2 Å². The van der Waals surface area contributed by atoms with Gasteiger partial charge in [-0.3, -0.25) is 4.79 Å². The van der Waals surface area contributed by atoms with Crippen molar-refractivity contribution in [3.05, 3.63) is 60.7 Å². The van der Waals surface area contributed by atoms with Gasteiger partial charge in [-0.15, -0.1) is 0 Å². The number of amides is 3.